The van der Waals surface area contributed by atoms with Crippen LogP contribution in [-0.2, 0) is 14.3 Å². The first-order valence-electron chi connectivity index (χ1n) is 5.99. The molecule has 0 bridgehead atoms. The standard InChI is InChI=1S/C12H21NO4/c1-5-6-8-7-16-10(14)9(8)13-11(15)17-12(2,3)4/h8-9H,5-7H2,1-4H3,(H,13,15). The lowest BCUT2D eigenvalue weighted by molar-refractivity contribution is -0.139. The molecular formula is C12H21NO4. The lowest BCUT2D eigenvalue weighted by Crippen LogP contribution is -2.44. The van der Waals surface area contributed by atoms with Crippen molar-refractivity contribution in [1.29, 1.82) is 0 Å². The molecule has 0 aromatic rings. The predicted molar refractivity (Wildman–Crippen MR) is 62.5 cm³/mol. The number of ether oxygens (including phenoxy) is 2. The number of hydrogen-bond acceptors (Lipinski definition) is 4. The molecule has 0 radical (unpaired) electrons. The van der Waals surface area contributed by atoms with Crippen molar-refractivity contribution in [1.82, 2.24) is 5.32 Å². The van der Waals surface area contributed by atoms with Crippen LogP contribution in [0.25, 0.3) is 0 Å². The molecule has 0 aromatic heterocycles. The zero-order valence-electron chi connectivity index (χ0n) is 10.9. The van der Waals surface area contributed by atoms with E-state index in [1.807, 2.05) is 6.92 Å². The van der Waals surface area contributed by atoms with Gasteiger partial charge in [0.05, 0.1) is 6.61 Å². The first-order valence-corrected chi connectivity index (χ1v) is 5.99. The summed E-state index contributed by atoms with van der Waals surface area (Å²) in [5.41, 5.74) is -0.563. The van der Waals surface area contributed by atoms with Crippen LogP contribution in [0.1, 0.15) is 40.5 Å². The van der Waals surface area contributed by atoms with Gasteiger partial charge >= 0.3 is 12.1 Å². The Morgan fingerprint density at radius 3 is 2.71 bits per heavy atom. The third-order valence-electron chi connectivity index (χ3n) is 2.50. The Hall–Kier alpha value is -1.26. The van der Waals surface area contributed by atoms with Crippen molar-refractivity contribution in [2.45, 2.75) is 52.2 Å². The summed E-state index contributed by atoms with van der Waals surface area (Å²) in [4.78, 5) is 23.0. The normalized spacial score (nSPS) is 24.4. The average Bonchev–Trinajstić information content (AvgIpc) is 2.47. The number of carbonyl (C=O) groups excluding carboxylic acids is 2. The summed E-state index contributed by atoms with van der Waals surface area (Å²) in [6.45, 7) is 7.76. The van der Waals surface area contributed by atoms with E-state index in [0.717, 1.165) is 12.8 Å². The van der Waals surface area contributed by atoms with Gasteiger partial charge in [-0.3, -0.25) is 0 Å². The van der Waals surface area contributed by atoms with Crippen LogP contribution in [0.5, 0.6) is 0 Å². The molecule has 5 heteroatoms. The van der Waals surface area contributed by atoms with E-state index in [1.165, 1.54) is 0 Å². The molecule has 1 aliphatic rings. The maximum Gasteiger partial charge on any atom is 0.408 e. The highest BCUT2D eigenvalue weighted by molar-refractivity contribution is 5.83. The van der Waals surface area contributed by atoms with Gasteiger partial charge in [-0.1, -0.05) is 13.3 Å². The van der Waals surface area contributed by atoms with E-state index in [4.69, 9.17) is 9.47 Å². The third-order valence-corrected chi connectivity index (χ3v) is 2.50. The summed E-state index contributed by atoms with van der Waals surface area (Å²) >= 11 is 0. The van der Waals surface area contributed by atoms with Crippen molar-refractivity contribution in [3.05, 3.63) is 0 Å². The highest BCUT2D eigenvalue weighted by atomic mass is 16.6. The molecular weight excluding hydrogens is 222 g/mol. The minimum absolute atomic E-state index is 0.0556. The van der Waals surface area contributed by atoms with E-state index in [0.29, 0.717) is 6.61 Å². The van der Waals surface area contributed by atoms with Crippen LogP contribution >= 0.6 is 0 Å². The van der Waals surface area contributed by atoms with E-state index in [9.17, 15) is 9.59 Å². The Bertz CT molecular complexity index is 295. The molecule has 0 aromatic carbocycles. The molecule has 1 heterocycles. The van der Waals surface area contributed by atoms with Gasteiger partial charge in [0.2, 0.25) is 0 Å². The van der Waals surface area contributed by atoms with Crippen molar-refractivity contribution in [2.75, 3.05) is 6.61 Å². The Morgan fingerprint density at radius 2 is 2.18 bits per heavy atom. The van der Waals surface area contributed by atoms with Crippen LogP contribution in [0, 0.1) is 5.92 Å². The van der Waals surface area contributed by atoms with Gasteiger partial charge in [0, 0.05) is 5.92 Å². The number of alkyl carbamates (subject to hydrolysis) is 1. The molecule has 17 heavy (non-hydrogen) atoms. The van der Waals surface area contributed by atoms with E-state index >= 15 is 0 Å². The second-order valence-electron chi connectivity index (χ2n) is 5.30. The van der Waals surface area contributed by atoms with Crippen molar-refractivity contribution < 1.29 is 19.1 Å². The number of hydrogen-bond donors (Lipinski definition) is 1. The number of amides is 1. The Kier molecular flexibility index (Phi) is 4.37. The summed E-state index contributed by atoms with van der Waals surface area (Å²) in [5, 5.41) is 2.58. The second kappa shape index (κ2) is 5.38. The van der Waals surface area contributed by atoms with Crippen LogP contribution in [0.2, 0.25) is 0 Å². The molecule has 5 nitrogen and oxygen atoms in total. The summed E-state index contributed by atoms with van der Waals surface area (Å²) in [6, 6.07) is -0.565. The van der Waals surface area contributed by atoms with Crippen molar-refractivity contribution in [2.24, 2.45) is 5.92 Å². The number of rotatable bonds is 3. The van der Waals surface area contributed by atoms with Crippen LogP contribution in [0.4, 0.5) is 4.79 Å². The Labute approximate surface area is 102 Å². The highest BCUT2D eigenvalue weighted by Gasteiger charge is 2.38. The lowest BCUT2D eigenvalue weighted by atomic mass is 9.98. The van der Waals surface area contributed by atoms with Crippen LogP contribution in [0.3, 0.4) is 0 Å². The van der Waals surface area contributed by atoms with E-state index in [2.05, 4.69) is 5.32 Å². The predicted octanol–water partition coefficient (Wildman–Crippen LogP) is 1.85. The van der Waals surface area contributed by atoms with Gasteiger partial charge in [-0.2, -0.15) is 0 Å². The van der Waals surface area contributed by atoms with E-state index in [-0.39, 0.29) is 11.9 Å². The molecule has 0 spiro atoms. The van der Waals surface area contributed by atoms with Gasteiger partial charge in [-0.05, 0) is 27.2 Å². The fraction of sp³-hybridized carbons (Fsp3) is 0.833. The fourth-order valence-corrected chi connectivity index (χ4v) is 1.80. The molecule has 0 saturated carbocycles. The maximum absolute atomic E-state index is 11.6. The van der Waals surface area contributed by atoms with Crippen LogP contribution in [-0.4, -0.2) is 30.3 Å². The third kappa shape index (κ3) is 4.24. The number of nitrogens with one attached hydrogen (secondary N) is 1. The quantitative estimate of drug-likeness (QED) is 0.768. The molecule has 0 aliphatic carbocycles. The van der Waals surface area contributed by atoms with Crippen LogP contribution in [0.15, 0.2) is 0 Å². The fourth-order valence-electron chi connectivity index (χ4n) is 1.80. The number of esters is 1. The van der Waals surface area contributed by atoms with Crippen molar-refractivity contribution >= 4 is 12.1 Å². The smallest absolute Gasteiger partial charge is 0.408 e. The summed E-state index contributed by atoms with van der Waals surface area (Å²) in [5.74, 6) is -0.311. The molecule has 1 saturated heterocycles. The zero-order chi connectivity index (χ0) is 13.1. The van der Waals surface area contributed by atoms with Gasteiger partial charge in [-0.25, -0.2) is 9.59 Å². The molecule has 1 rings (SSSR count). The monoisotopic (exact) mass is 243 g/mol. The van der Waals surface area contributed by atoms with Gasteiger partial charge in [0.15, 0.2) is 0 Å². The van der Waals surface area contributed by atoms with Crippen molar-refractivity contribution in [3.8, 4) is 0 Å². The van der Waals surface area contributed by atoms with Crippen LogP contribution < -0.4 is 5.32 Å². The molecule has 1 N–H and O–H groups in total. The maximum atomic E-state index is 11.6. The molecule has 1 amide bonds. The second-order valence-corrected chi connectivity index (χ2v) is 5.30. The average molecular weight is 243 g/mol. The van der Waals surface area contributed by atoms with Gasteiger partial charge in [0.25, 0.3) is 0 Å². The minimum atomic E-state index is -0.567. The first-order chi connectivity index (χ1) is 7.83. The lowest BCUT2D eigenvalue weighted by Gasteiger charge is -2.22. The van der Waals surface area contributed by atoms with Gasteiger partial charge < -0.3 is 14.8 Å². The Balaban J connectivity index is 2.53. The van der Waals surface area contributed by atoms with Gasteiger partial charge in [0.1, 0.15) is 11.6 Å². The minimum Gasteiger partial charge on any atom is -0.464 e. The van der Waals surface area contributed by atoms with E-state index < -0.39 is 17.7 Å². The zero-order valence-corrected chi connectivity index (χ0v) is 10.9. The van der Waals surface area contributed by atoms with Crippen molar-refractivity contribution in [3.63, 3.8) is 0 Å². The van der Waals surface area contributed by atoms with E-state index in [1.54, 1.807) is 20.8 Å². The number of cyclic esters (lactones) is 1. The molecule has 98 valence electrons. The summed E-state index contributed by atoms with van der Waals surface area (Å²) in [7, 11) is 0. The summed E-state index contributed by atoms with van der Waals surface area (Å²) in [6.07, 6.45) is 1.24. The Morgan fingerprint density at radius 1 is 1.53 bits per heavy atom. The largest absolute Gasteiger partial charge is 0.464 e. The first kappa shape index (κ1) is 13.8. The molecule has 1 fully saturated rings. The molecule has 2 unspecified atom stereocenters. The topological polar surface area (TPSA) is 64.6 Å². The van der Waals surface area contributed by atoms with Gasteiger partial charge in [-0.15, -0.1) is 0 Å². The SMILES string of the molecule is CCCC1COC(=O)C1NC(=O)OC(C)(C)C. The molecule has 2 atom stereocenters. The summed E-state index contributed by atoms with van der Waals surface area (Å²) < 4.78 is 10.1. The molecule has 1 aliphatic heterocycles. The number of carbonyl (C=O) groups is 2. The highest BCUT2D eigenvalue weighted by Crippen LogP contribution is 2.20.